The summed E-state index contributed by atoms with van der Waals surface area (Å²) in [6.07, 6.45) is 4.29. The number of aryl methyl sites for hydroxylation is 1. The van der Waals surface area contributed by atoms with E-state index in [1.165, 1.54) is 17.3 Å². The smallest absolute Gasteiger partial charge is 0.274 e. The fraction of sp³-hybridized carbons (Fsp3) is 0.174. The van der Waals surface area contributed by atoms with E-state index in [0.717, 1.165) is 28.8 Å². The van der Waals surface area contributed by atoms with Gasteiger partial charge in [-0.05, 0) is 49.1 Å². The number of rotatable bonds is 6. The van der Waals surface area contributed by atoms with Crippen LogP contribution in [0.25, 0.3) is 10.9 Å². The molecule has 6 heteroatoms. The second-order valence-corrected chi connectivity index (χ2v) is 7.03. The molecule has 0 aliphatic heterocycles. The molecule has 2 heterocycles. The van der Waals surface area contributed by atoms with Crippen LogP contribution in [-0.4, -0.2) is 27.4 Å². The Hall–Kier alpha value is -3.67. The maximum atomic E-state index is 12.6. The Morgan fingerprint density at radius 1 is 1.07 bits per heavy atom. The summed E-state index contributed by atoms with van der Waals surface area (Å²) in [6.45, 7) is 4.71. The van der Waals surface area contributed by atoms with Gasteiger partial charge < -0.3 is 15.6 Å². The minimum atomic E-state index is -0.249. The number of amides is 1. The fourth-order valence-electron chi connectivity index (χ4n) is 3.31. The van der Waals surface area contributed by atoms with Gasteiger partial charge >= 0.3 is 0 Å². The van der Waals surface area contributed by atoms with Gasteiger partial charge in [-0.1, -0.05) is 30.3 Å². The summed E-state index contributed by atoms with van der Waals surface area (Å²) in [5, 5.41) is 7.44. The number of hydrogen-bond donors (Lipinski definition) is 3. The molecular weight excluding hydrogens is 362 g/mol. The second kappa shape index (κ2) is 8.14. The van der Waals surface area contributed by atoms with Crippen molar-refractivity contribution in [1.29, 1.82) is 0 Å². The lowest BCUT2D eigenvalue weighted by Crippen LogP contribution is -2.16. The highest BCUT2D eigenvalue weighted by atomic mass is 16.1. The molecule has 29 heavy (non-hydrogen) atoms. The largest absolute Gasteiger partial charge is 0.370 e. The van der Waals surface area contributed by atoms with Crippen molar-refractivity contribution in [2.75, 3.05) is 17.2 Å². The lowest BCUT2D eigenvalue weighted by Gasteiger charge is -2.10. The number of nitrogens with one attached hydrogen (secondary N) is 3. The van der Waals surface area contributed by atoms with Crippen molar-refractivity contribution in [1.82, 2.24) is 15.0 Å². The molecule has 0 fully saturated rings. The number of anilines is 2. The molecule has 0 unspecified atom stereocenters. The van der Waals surface area contributed by atoms with Crippen molar-refractivity contribution < 1.29 is 4.79 Å². The van der Waals surface area contributed by atoms with Crippen LogP contribution in [-0.2, 0) is 6.42 Å². The van der Waals surface area contributed by atoms with E-state index < -0.39 is 0 Å². The van der Waals surface area contributed by atoms with Gasteiger partial charge in [-0.15, -0.1) is 0 Å². The van der Waals surface area contributed by atoms with Crippen molar-refractivity contribution in [3.8, 4) is 0 Å². The van der Waals surface area contributed by atoms with E-state index in [2.05, 4.69) is 37.7 Å². The molecule has 0 atom stereocenters. The number of nitrogens with zero attached hydrogens (tertiary/aromatic N) is 2. The van der Waals surface area contributed by atoms with Gasteiger partial charge in [-0.3, -0.25) is 4.79 Å². The Labute approximate surface area is 169 Å². The lowest BCUT2D eigenvalue weighted by atomic mass is 10.1. The zero-order chi connectivity index (χ0) is 20.2. The summed E-state index contributed by atoms with van der Waals surface area (Å²) in [7, 11) is 0. The molecule has 0 aliphatic rings. The predicted octanol–water partition coefficient (Wildman–Crippen LogP) is 4.48. The van der Waals surface area contributed by atoms with Gasteiger partial charge in [0.05, 0.1) is 0 Å². The first-order valence-electron chi connectivity index (χ1n) is 9.60. The van der Waals surface area contributed by atoms with Crippen LogP contribution in [0.15, 0.2) is 61.1 Å². The van der Waals surface area contributed by atoms with Crippen molar-refractivity contribution in [2.24, 2.45) is 0 Å². The molecule has 2 aromatic carbocycles. The summed E-state index contributed by atoms with van der Waals surface area (Å²) in [6, 6.07) is 15.8. The summed E-state index contributed by atoms with van der Waals surface area (Å²) in [5.74, 6) is 0.381. The number of fused-ring (bicyclic) bond motifs is 1. The molecule has 146 valence electrons. The number of aromatic amines is 1. The molecule has 0 saturated heterocycles. The van der Waals surface area contributed by atoms with E-state index in [0.29, 0.717) is 18.1 Å². The maximum Gasteiger partial charge on any atom is 0.274 e. The third-order valence-corrected chi connectivity index (χ3v) is 5.13. The number of carbonyl (C=O) groups excluding carboxylic acids is 1. The number of benzene rings is 2. The number of aromatic nitrogens is 3. The highest BCUT2D eigenvalue weighted by molar-refractivity contribution is 6.03. The van der Waals surface area contributed by atoms with E-state index in [9.17, 15) is 4.79 Å². The molecule has 6 nitrogen and oxygen atoms in total. The van der Waals surface area contributed by atoms with Crippen LogP contribution in [0, 0.1) is 13.8 Å². The first-order chi connectivity index (χ1) is 14.1. The molecule has 0 spiro atoms. The first-order valence-corrected chi connectivity index (χ1v) is 9.60. The topological polar surface area (TPSA) is 82.7 Å². The van der Waals surface area contributed by atoms with Gasteiger partial charge in [0.15, 0.2) is 0 Å². The van der Waals surface area contributed by atoms with Gasteiger partial charge in [-0.25, -0.2) is 9.97 Å². The molecule has 0 radical (unpaired) electrons. The summed E-state index contributed by atoms with van der Waals surface area (Å²) >= 11 is 0. The van der Waals surface area contributed by atoms with Gasteiger partial charge in [0.2, 0.25) is 0 Å². The number of H-pyrrole nitrogens is 1. The molecule has 0 saturated carbocycles. The summed E-state index contributed by atoms with van der Waals surface area (Å²) in [5.41, 5.74) is 5.68. The Kier molecular flexibility index (Phi) is 5.24. The van der Waals surface area contributed by atoms with E-state index >= 15 is 0 Å². The number of hydrogen-bond acceptors (Lipinski definition) is 4. The van der Waals surface area contributed by atoms with Crippen molar-refractivity contribution >= 4 is 28.3 Å². The van der Waals surface area contributed by atoms with Crippen LogP contribution in [0.2, 0.25) is 0 Å². The van der Waals surface area contributed by atoms with E-state index in [1.807, 2.05) is 50.4 Å². The molecular formula is C23H23N5O. The SMILES string of the molecule is Cc1cccc(NC(=O)c2cc(NCCc3c[nH]c4ccccc34)ncn2)c1C. The quantitative estimate of drug-likeness (QED) is 0.457. The Balaban J connectivity index is 1.40. The van der Waals surface area contributed by atoms with Crippen molar-refractivity contribution in [2.45, 2.75) is 20.3 Å². The highest BCUT2D eigenvalue weighted by Gasteiger charge is 2.11. The van der Waals surface area contributed by atoms with E-state index in [1.54, 1.807) is 6.07 Å². The third kappa shape index (κ3) is 4.11. The average Bonchev–Trinajstić information content (AvgIpc) is 3.15. The molecule has 2 aromatic heterocycles. The van der Waals surface area contributed by atoms with Crippen LogP contribution >= 0.6 is 0 Å². The number of para-hydroxylation sites is 1. The van der Waals surface area contributed by atoms with Crippen molar-refractivity contribution in [3.63, 3.8) is 0 Å². The van der Waals surface area contributed by atoms with Gasteiger partial charge in [0.1, 0.15) is 17.8 Å². The zero-order valence-corrected chi connectivity index (χ0v) is 16.5. The van der Waals surface area contributed by atoms with E-state index in [-0.39, 0.29) is 5.91 Å². The molecule has 3 N–H and O–H groups in total. The van der Waals surface area contributed by atoms with Crippen LogP contribution in [0.1, 0.15) is 27.2 Å². The van der Waals surface area contributed by atoms with Gasteiger partial charge in [0.25, 0.3) is 5.91 Å². The Morgan fingerprint density at radius 2 is 1.93 bits per heavy atom. The summed E-state index contributed by atoms with van der Waals surface area (Å²) in [4.78, 5) is 24.2. The highest BCUT2D eigenvalue weighted by Crippen LogP contribution is 2.20. The fourth-order valence-corrected chi connectivity index (χ4v) is 3.31. The normalized spacial score (nSPS) is 10.8. The average molecular weight is 385 g/mol. The molecule has 0 aliphatic carbocycles. The Morgan fingerprint density at radius 3 is 2.83 bits per heavy atom. The minimum absolute atomic E-state index is 0.249. The third-order valence-electron chi connectivity index (χ3n) is 5.13. The maximum absolute atomic E-state index is 12.6. The standard InChI is InChI=1S/C23H23N5O/c1-15-6-5-9-19(16(15)2)28-23(29)21-12-22(27-14-26-21)24-11-10-17-13-25-20-8-4-3-7-18(17)20/h3-9,12-14,25H,10-11H2,1-2H3,(H,28,29)(H,24,26,27). The van der Waals surface area contributed by atoms with Crippen LogP contribution < -0.4 is 10.6 Å². The van der Waals surface area contributed by atoms with Gasteiger partial charge in [0, 0.05) is 35.4 Å². The van der Waals surface area contributed by atoms with Crippen LogP contribution in [0.5, 0.6) is 0 Å². The minimum Gasteiger partial charge on any atom is -0.370 e. The van der Waals surface area contributed by atoms with Crippen LogP contribution in [0.4, 0.5) is 11.5 Å². The predicted molar refractivity (Wildman–Crippen MR) is 116 cm³/mol. The second-order valence-electron chi connectivity index (χ2n) is 7.03. The molecule has 1 amide bonds. The lowest BCUT2D eigenvalue weighted by molar-refractivity contribution is 0.102. The monoisotopic (exact) mass is 385 g/mol. The molecule has 4 aromatic rings. The summed E-state index contributed by atoms with van der Waals surface area (Å²) < 4.78 is 0. The first kappa shape index (κ1) is 18.7. The van der Waals surface area contributed by atoms with Gasteiger partial charge in [-0.2, -0.15) is 0 Å². The molecule has 4 rings (SSSR count). The number of carbonyl (C=O) groups is 1. The van der Waals surface area contributed by atoms with E-state index in [4.69, 9.17) is 0 Å². The molecule has 0 bridgehead atoms. The van der Waals surface area contributed by atoms with Crippen molar-refractivity contribution in [3.05, 3.63) is 83.4 Å². The van der Waals surface area contributed by atoms with Crippen LogP contribution in [0.3, 0.4) is 0 Å². The zero-order valence-electron chi connectivity index (χ0n) is 16.5. The Bertz CT molecular complexity index is 1160.